The van der Waals surface area contributed by atoms with Crippen molar-refractivity contribution in [2.75, 3.05) is 13.1 Å². The van der Waals surface area contributed by atoms with Crippen molar-refractivity contribution in [3.05, 3.63) is 21.6 Å². The first kappa shape index (κ1) is 7.56. The van der Waals surface area contributed by atoms with Gasteiger partial charge in [0, 0.05) is 11.5 Å². The lowest BCUT2D eigenvalue weighted by Gasteiger charge is -2.13. The number of hydrogen-bond acceptors (Lipinski definition) is 4. The maximum Gasteiger partial charge on any atom is 0.228 e. The number of rotatable bonds is 2. The Morgan fingerprint density at radius 2 is 2.70 bits per heavy atom. The van der Waals surface area contributed by atoms with Gasteiger partial charge in [0.1, 0.15) is 5.37 Å². The molecule has 0 aromatic carbocycles. The molecular weight excluding hydrogens is 152 g/mol. The van der Waals surface area contributed by atoms with Gasteiger partial charge in [-0.15, -0.1) is 11.8 Å². The van der Waals surface area contributed by atoms with Crippen LogP contribution in [0.25, 0.3) is 0 Å². The first-order valence-electron chi connectivity index (χ1n) is 2.94. The highest BCUT2D eigenvalue weighted by Gasteiger charge is 2.14. The number of hydrogen-bond donors (Lipinski definition) is 1. The van der Waals surface area contributed by atoms with Gasteiger partial charge < -0.3 is 0 Å². The van der Waals surface area contributed by atoms with Crippen LogP contribution in [0.2, 0.25) is 0 Å². The van der Waals surface area contributed by atoms with E-state index in [4.69, 9.17) is 0 Å². The van der Waals surface area contributed by atoms with Crippen LogP contribution in [0.1, 0.15) is 0 Å². The Morgan fingerprint density at radius 1 is 1.90 bits per heavy atom. The Labute approximate surface area is 62.8 Å². The van der Waals surface area contributed by atoms with E-state index in [2.05, 4.69) is 5.32 Å². The average molecular weight is 160 g/mol. The van der Waals surface area contributed by atoms with Crippen LogP contribution in [0.15, 0.2) is 11.5 Å². The first-order chi connectivity index (χ1) is 4.79. The molecule has 1 aliphatic rings. The van der Waals surface area contributed by atoms with Gasteiger partial charge in [-0.25, -0.2) is 0 Å². The highest BCUT2D eigenvalue weighted by molar-refractivity contribution is 8.02. The lowest BCUT2D eigenvalue weighted by atomic mass is 10.5. The lowest BCUT2D eigenvalue weighted by molar-refractivity contribution is -0.479. The van der Waals surface area contributed by atoms with Crippen molar-refractivity contribution in [3.8, 4) is 0 Å². The van der Waals surface area contributed by atoms with Crippen LogP contribution in [0.3, 0.4) is 0 Å². The second-order valence-electron chi connectivity index (χ2n) is 1.92. The molecule has 56 valence electrons. The van der Waals surface area contributed by atoms with Gasteiger partial charge in [-0.05, 0) is 5.41 Å². The zero-order valence-electron chi connectivity index (χ0n) is 5.32. The summed E-state index contributed by atoms with van der Waals surface area (Å²) in [6.07, 6.45) is 1.95. The van der Waals surface area contributed by atoms with Crippen LogP contribution in [0.4, 0.5) is 0 Å². The normalized spacial score (nSPS) is 24.6. The summed E-state index contributed by atoms with van der Waals surface area (Å²) >= 11 is 1.46. The Balaban J connectivity index is 2.28. The topological polar surface area (TPSA) is 55.2 Å². The highest BCUT2D eigenvalue weighted by atomic mass is 32.2. The van der Waals surface area contributed by atoms with E-state index < -0.39 is 0 Å². The molecule has 0 amide bonds. The van der Waals surface area contributed by atoms with Crippen molar-refractivity contribution in [2.45, 2.75) is 5.37 Å². The molecule has 1 heterocycles. The van der Waals surface area contributed by atoms with E-state index in [1.165, 1.54) is 11.8 Å². The third kappa shape index (κ3) is 2.36. The molecular formula is C5H8N2O2S. The van der Waals surface area contributed by atoms with Gasteiger partial charge in [0.2, 0.25) is 6.54 Å². The second-order valence-corrected chi connectivity index (χ2v) is 3.03. The predicted octanol–water partition coefficient (Wildman–Crippen LogP) is 0.439. The lowest BCUT2D eigenvalue weighted by Crippen LogP contribution is -2.34. The van der Waals surface area contributed by atoms with Crippen molar-refractivity contribution in [3.63, 3.8) is 0 Å². The standard InChI is InChI=1S/C5H8N2O2S/c8-7(9)4-5-6-2-1-3-10-5/h1,3,5-6H,2,4H2. The molecule has 0 radical (unpaired) electrons. The van der Waals surface area contributed by atoms with Crippen molar-refractivity contribution >= 4 is 11.8 Å². The molecule has 1 N–H and O–H groups in total. The maximum absolute atomic E-state index is 10.00. The minimum Gasteiger partial charge on any atom is -0.296 e. The summed E-state index contributed by atoms with van der Waals surface area (Å²) in [5, 5.41) is 14.8. The molecule has 1 rings (SSSR count). The van der Waals surface area contributed by atoms with Crippen molar-refractivity contribution in [1.82, 2.24) is 5.32 Å². The van der Waals surface area contributed by atoms with E-state index >= 15 is 0 Å². The van der Waals surface area contributed by atoms with E-state index in [9.17, 15) is 10.1 Å². The van der Waals surface area contributed by atoms with Gasteiger partial charge in [-0.1, -0.05) is 6.08 Å². The molecule has 0 aliphatic carbocycles. The summed E-state index contributed by atoms with van der Waals surface area (Å²) in [6, 6.07) is 0. The largest absolute Gasteiger partial charge is 0.296 e. The third-order valence-corrected chi connectivity index (χ3v) is 2.11. The van der Waals surface area contributed by atoms with E-state index in [0.29, 0.717) is 0 Å². The minimum absolute atomic E-state index is 0.00495. The van der Waals surface area contributed by atoms with E-state index in [0.717, 1.165) is 6.54 Å². The second kappa shape index (κ2) is 3.58. The van der Waals surface area contributed by atoms with Gasteiger partial charge in [-0.2, -0.15) is 0 Å². The summed E-state index contributed by atoms with van der Waals surface area (Å²) < 4.78 is 0. The van der Waals surface area contributed by atoms with Crippen LogP contribution < -0.4 is 5.32 Å². The van der Waals surface area contributed by atoms with Crippen LogP contribution in [0.5, 0.6) is 0 Å². The summed E-state index contributed by atoms with van der Waals surface area (Å²) in [7, 11) is 0. The molecule has 0 bridgehead atoms. The van der Waals surface area contributed by atoms with Crippen LogP contribution in [-0.2, 0) is 0 Å². The molecule has 0 saturated heterocycles. The molecule has 10 heavy (non-hydrogen) atoms. The van der Waals surface area contributed by atoms with E-state index in [1.807, 2.05) is 11.5 Å². The minimum atomic E-state index is -0.302. The predicted molar refractivity (Wildman–Crippen MR) is 40.4 cm³/mol. The number of nitro groups is 1. The van der Waals surface area contributed by atoms with E-state index in [1.54, 1.807) is 0 Å². The molecule has 0 fully saturated rings. The van der Waals surface area contributed by atoms with E-state index in [-0.39, 0.29) is 16.8 Å². The quantitative estimate of drug-likeness (QED) is 0.470. The Hall–Kier alpha value is -0.550. The molecule has 1 unspecified atom stereocenters. The monoisotopic (exact) mass is 160 g/mol. The number of nitrogens with zero attached hydrogens (tertiary/aromatic N) is 1. The SMILES string of the molecule is O=[N+]([O-])CC1NCC=CS1. The first-order valence-corrected chi connectivity index (χ1v) is 3.89. The summed E-state index contributed by atoms with van der Waals surface area (Å²) in [6.45, 7) is 0.737. The highest BCUT2D eigenvalue weighted by Crippen LogP contribution is 2.12. The Kier molecular flexibility index (Phi) is 2.70. The number of thioether (sulfide) groups is 1. The number of nitrogens with one attached hydrogen (secondary N) is 1. The third-order valence-electron chi connectivity index (χ3n) is 1.12. The van der Waals surface area contributed by atoms with Crippen molar-refractivity contribution in [1.29, 1.82) is 0 Å². The zero-order chi connectivity index (χ0) is 7.40. The van der Waals surface area contributed by atoms with Crippen molar-refractivity contribution < 1.29 is 4.92 Å². The smallest absolute Gasteiger partial charge is 0.228 e. The van der Waals surface area contributed by atoms with Gasteiger partial charge >= 0.3 is 0 Å². The Morgan fingerprint density at radius 3 is 3.20 bits per heavy atom. The zero-order valence-corrected chi connectivity index (χ0v) is 6.13. The maximum atomic E-state index is 10.00. The average Bonchev–Trinajstić information content (AvgIpc) is 1.88. The molecule has 1 aliphatic heterocycles. The summed E-state index contributed by atoms with van der Waals surface area (Å²) in [4.78, 5) is 9.69. The van der Waals surface area contributed by atoms with Gasteiger partial charge in [0.15, 0.2) is 0 Å². The molecule has 1 atom stereocenters. The molecule has 0 aromatic rings. The van der Waals surface area contributed by atoms with Crippen LogP contribution in [0, 0.1) is 10.1 Å². The summed E-state index contributed by atoms with van der Waals surface area (Å²) in [5.74, 6) is 0. The summed E-state index contributed by atoms with van der Waals surface area (Å²) in [5.41, 5.74) is 0. The molecule has 0 saturated carbocycles. The fourth-order valence-corrected chi connectivity index (χ4v) is 1.49. The fraction of sp³-hybridized carbons (Fsp3) is 0.600. The molecule has 5 heteroatoms. The Bertz CT molecular complexity index is 160. The van der Waals surface area contributed by atoms with Crippen LogP contribution >= 0.6 is 11.8 Å². The molecule has 0 spiro atoms. The molecule has 4 nitrogen and oxygen atoms in total. The fourth-order valence-electron chi connectivity index (χ4n) is 0.689. The van der Waals surface area contributed by atoms with Gasteiger partial charge in [0.25, 0.3) is 0 Å². The molecule has 0 aromatic heterocycles. The van der Waals surface area contributed by atoms with Gasteiger partial charge in [-0.3, -0.25) is 15.4 Å². The van der Waals surface area contributed by atoms with Crippen molar-refractivity contribution in [2.24, 2.45) is 0 Å². The van der Waals surface area contributed by atoms with Crippen LogP contribution in [-0.4, -0.2) is 23.4 Å². The van der Waals surface area contributed by atoms with Gasteiger partial charge in [0.05, 0.1) is 0 Å².